The van der Waals surface area contributed by atoms with Crippen LogP contribution in [0.1, 0.15) is 32.8 Å². The van der Waals surface area contributed by atoms with Gasteiger partial charge in [-0.2, -0.15) is 0 Å². The molecule has 0 aliphatic heterocycles. The SMILES string of the molecule is CCC(=O)OC(C)(c1ccc(N)cc1F)C(C)N. The maximum atomic E-state index is 13.9. The number of halogens is 1. The summed E-state index contributed by atoms with van der Waals surface area (Å²) >= 11 is 0. The first-order valence-electron chi connectivity index (χ1n) is 5.84. The fourth-order valence-electron chi connectivity index (χ4n) is 1.64. The molecule has 0 aliphatic rings. The van der Waals surface area contributed by atoms with Crippen LogP contribution in [0.3, 0.4) is 0 Å². The summed E-state index contributed by atoms with van der Waals surface area (Å²) in [6, 6.07) is 3.69. The van der Waals surface area contributed by atoms with Gasteiger partial charge in [0.2, 0.25) is 0 Å². The van der Waals surface area contributed by atoms with Gasteiger partial charge in [-0.3, -0.25) is 4.79 Å². The number of esters is 1. The van der Waals surface area contributed by atoms with Crippen LogP contribution in [0.5, 0.6) is 0 Å². The molecule has 1 rings (SSSR count). The van der Waals surface area contributed by atoms with E-state index in [4.69, 9.17) is 16.2 Å². The second-order valence-corrected chi connectivity index (χ2v) is 4.46. The van der Waals surface area contributed by atoms with Crippen LogP contribution in [0.4, 0.5) is 10.1 Å². The van der Waals surface area contributed by atoms with Gasteiger partial charge in [-0.25, -0.2) is 4.39 Å². The Labute approximate surface area is 106 Å². The Hall–Kier alpha value is -1.62. The number of anilines is 1. The predicted octanol–water partition coefficient (Wildman–Crippen LogP) is 1.92. The number of hydrogen-bond donors (Lipinski definition) is 2. The van der Waals surface area contributed by atoms with Gasteiger partial charge < -0.3 is 16.2 Å². The number of carbonyl (C=O) groups excluding carboxylic acids is 1. The van der Waals surface area contributed by atoms with Gasteiger partial charge in [0, 0.05) is 23.7 Å². The monoisotopic (exact) mass is 254 g/mol. The highest BCUT2D eigenvalue weighted by Gasteiger charge is 2.37. The molecule has 18 heavy (non-hydrogen) atoms. The highest BCUT2D eigenvalue weighted by Crippen LogP contribution is 2.31. The standard InChI is InChI=1S/C13H19FN2O2/c1-4-12(17)18-13(3,8(2)15)10-6-5-9(16)7-11(10)14/h5-8H,4,15-16H2,1-3H3. The molecule has 0 radical (unpaired) electrons. The molecular weight excluding hydrogens is 235 g/mol. The summed E-state index contributed by atoms with van der Waals surface area (Å²) in [6.45, 7) is 4.93. The average Bonchev–Trinajstić information content (AvgIpc) is 2.28. The molecule has 0 fully saturated rings. The molecule has 0 bridgehead atoms. The van der Waals surface area contributed by atoms with E-state index in [-0.39, 0.29) is 12.0 Å². The smallest absolute Gasteiger partial charge is 0.306 e. The molecule has 5 heteroatoms. The first kappa shape index (κ1) is 14.4. The van der Waals surface area contributed by atoms with Crippen molar-refractivity contribution in [1.82, 2.24) is 0 Å². The van der Waals surface area contributed by atoms with Crippen molar-refractivity contribution in [2.75, 3.05) is 5.73 Å². The Morgan fingerprint density at radius 1 is 1.56 bits per heavy atom. The third-order valence-corrected chi connectivity index (χ3v) is 3.01. The van der Waals surface area contributed by atoms with Crippen molar-refractivity contribution < 1.29 is 13.9 Å². The highest BCUT2D eigenvalue weighted by atomic mass is 19.1. The van der Waals surface area contributed by atoms with Crippen LogP contribution >= 0.6 is 0 Å². The summed E-state index contributed by atoms with van der Waals surface area (Å²) in [4.78, 5) is 11.5. The fraction of sp³-hybridized carbons (Fsp3) is 0.462. The number of rotatable bonds is 4. The van der Waals surface area contributed by atoms with Gasteiger partial charge in [0.15, 0.2) is 5.60 Å². The van der Waals surface area contributed by atoms with Gasteiger partial charge in [0.25, 0.3) is 0 Å². The van der Waals surface area contributed by atoms with E-state index < -0.39 is 23.4 Å². The van der Waals surface area contributed by atoms with Crippen molar-refractivity contribution >= 4 is 11.7 Å². The zero-order valence-corrected chi connectivity index (χ0v) is 10.9. The van der Waals surface area contributed by atoms with Crippen LogP contribution < -0.4 is 11.5 Å². The fourth-order valence-corrected chi connectivity index (χ4v) is 1.64. The molecule has 2 unspecified atom stereocenters. The average molecular weight is 254 g/mol. The summed E-state index contributed by atoms with van der Waals surface area (Å²) in [5, 5.41) is 0. The lowest BCUT2D eigenvalue weighted by Crippen LogP contribution is -2.45. The summed E-state index contributed by atoms with van der Waals surface area (Å²) in [7, 11) is 0. The quantitative estimate of drug-likeness (QED) is 0.635. The Kier molecular flexibility index (Phi) is 4.29. The van der Waals surface area contributed by atoms with Gasteiger partial charge in [0.1, 0.15) is 5.82 Å². The Bertz CT molecular complexity index is 449. The van der Waals surface area contributed by atoms with E-state index in [1.165, 1.54) is 12.1 Å². The van der Waals surface area contributed by atoms with E-state index >= 15 is 0 Å². The number of nitrogens with two attached hydrogens (primary N) is 2. The van der Waals surface area contributed by atoms with E-state index in [2.05, 4.69) is 0 Å². The van der Waals surface area contributed by atoms with Crippen LogP contribution in [-0.2, 0) is 15.1 Å². The lowest BCUT2D eigenvalue weighted by atomic mass is 9.88. The summed E-state index contributed by atoms with van der Waals surface area (Å²) < 4.78 is 19.2. The molecule has 1 aromatic carbocycles. The molecule has 0 heterocycles. The van der Waals surface area contributed by atoms with E-state index in [1.54, 1.807) is 26.8 Å². The van der Waals surface area contributed by atoms with E-state index in [0.29, 0.717) is 5.69 Å². The first-order valence-corrected chi connectivity index (χ1v) is 5.84. The van der Waals surface area contributed by atoms with Crippen LogP contribution in [-0.4, -0.2) is 12.0 Å². The van der Waals surface area contributed by atoms with Crippen molar-refractivity contribution in [3.8, 4) is 0 Å². The largest absolute Gasteiger partial charge is 0.453 e. The molecule has 4 N–H and O–H groups in total. The lowest BCUT2D eigenvalue weighted by molar-refractivity contribution is -0.161. The van der Waals surface area contributed by atoms with Gasteiger partial charge in [0.05, 0.1) is 0 Å². The van der Waals surface area contributed by atoms with Crippen molar-refractivity contribution in [2.24, 2.45) is 5.73 Å². The second kappa shape index (κ2) is 5.35. The van der Waals surface area contributed by atoms with Gasteiger partial charge in [-0.05, 0) is 32.0 Å². The van der Waals surface area contributed by atoms with Gasteiger partial charge >= 0.3 is 5.97 Å². The molecule has 0 amide bonds. The van der Waals surface area contributed by atoms with E-state index in [9.17, 15) is 9.18 Å². The summed E-state index contributed by atoms with van der Waals surface area (Å²) in [5.41, 5.74) is 10.7. The van der Waals surface area contributed by atoms with Crippen LogP contribution in [0.25, 0.3) is 0 Å². The summed E-state index contributed by atoms with van der Waals surface area (Å²) in [6.07, 6.45) is 0.207. The zero-order valence-electron chi connectivity index (χ0n) is 10.9. The number of benzene rings is 1. The summed E-state index contributed by atoms with van der Waals surface area (Å²) in [5.74, 6) is -0.954. The topological polar surface area (TPSA) is 78.3 Å². The van der Waals surface area contributed by atoms with Gasteiger partial charge in [-0.1, -0.05) is 6.92 Å². The van der Waals surface area contributed by atoms with E-state index in [0.717, 1.165) is 0 Å². The number of ether oxygens (including phenoxy) is 1. The van der Waals surface area contributed by atoms with Crippen LogP contribution in [0.2, 0.25) is 0 Å². The first-order chi connectivity index (χ1) is 8.31. The Morgan fingerprint density at radius 2 is 2.17 bits per heavy atom. The minimum atomic E-state index is -1.20. The number of hydrogen-bond acceptors (Lipinski definition) is 4. The zero-order chi connectivity index (χ0) is 13.9. The van der Waals surface area contributed by atoms with Crippen LogP contribution in [0, 0.1) is 5.82 Å². The third kappa shape index (κ3) is 2.79. The van der Waals surface area contributed by atoms with Crippen LogP contribution in [0.15, 0.2) is 18.2 Å². The third-order valence-electron chi connectivity index (χ3n) is 3.01. The van der Waals surface area contributed by atoms with Gasteiger partial charge in [-0.15, -0.1) is 0 Å². The maximum Gasteiger partial charge on any atom is 0.306 e. The molecule has 1 aromatic rings. The molecule has 0 aromatic heterocycles. The predicted molar refractivity (Wildman–Crippen MR) is 68.2 cm³/mol. The van der Waals surface area contributed by atoms with E-state index in [1.807, 2.05) is 0 Å². The molecule has 0 spiro atoms. The molecule has 0 saturated heterocycles. The van der Waals surface area contributed by atoms with Crippen molar-refractivity contribution in [2.45, 2.75) is 38.8 Å². The lowest BCUT2D eigenvalue weighted by Gasteiger charge is -2.34. The Balaban J connectivity index is 3.22. The van der Waals surface area contributed by atoms with Crippen molar-refractivity contribution in [3.05, 3.63) is 29.6 Å². The maximum absolute atomic E-state index is 13.9. The normalized spacial score (nSPS) is 15.8. The number of carbonyl (C=O) groups is 1. The minimum absolute atomic E-state index is 0.207. The molecule has 0 saturated carbocycles. The second-order valence-electron chi connectivity index (χ2n) is 4.46. The van der Waals surface area contributed by atoms with Crippen molar-refractivity contribution in [1.29, 1.82) is 0 Å². The molecule has 0 aliphatic carbocycles. The number of nitrogen functional groups attached to an aromatic ring is 1. The minimum Gasteiger partial charge on any atom is -0.453 e. The Morgan fingerprint density at radius 3 is 2.61 bits per heavy atom. The molecule has 100 valence electrons. The highest BCUT2D eigenvalue weighted by molar-refractivity contribution is 5.69. The molecule has 4 nitrogen and oxygen atoms in total. The molecule has 2 atom stereocenters. The van der Waals surface area contributed by atoms with Crippen molar-refractivity contribution in [3.63, 3.8) is 0 Å². The molecular formula is C13H19FN2O2.